The average Bonchev–Trinajstić information content (AvgIpc) is 3.05. The normalized spacial score (nSPS) is 16.2. The predicted octanol–water partition coefficient (Wildman–Crippen LogP) is 1.54. The Kier molecular flexibility index (Phi) is 5.54. The Bertz CT molecular complexity index is 682. The number of likely N-dealkylation sites (tertiary alicyclic amines) is 1. The fourth-order valence-corrected chi connectivity index (χ4v) is 2.90. The van der Waals surface area contributed by atoms with Crippen LogP contribution in [0.15, 0.2) is 27.3 Å². The molecule has 2 aromatic heterocycles. The van der Waals surface area contributed by atoms with Gasteiger partial charge in [-0.2, -0.15) is 4.98 Å². The maximum atomic E-state index is 12.3. The van der Waals surface area contributed by atoms with Crippen molar-refractivity contribution >= 4 is 27.7 Å². The molecule has 1 amide bonds. The molecule has 0 atom stereocenters. The number of nitrogens with two attached hydrogens (primary N) is 1. The van der Waals surface area contributed by atoms with Crippen molar-refractivity contribution in [2.24, 2.45) is 11.7 Å². The highest BCUT2D eigenvalue weighted by molar-refractivity contribution is 9.10. The Morgan fingerprint density at radius 2 is 2.21 bits per heavy atom. The van der Waals surface area contributed by atoms with E-state index in [1.54, 1.807) is 12.3 Å². The molecule has 0 unspecified atom stereocenters. The molecule has 24 heavy (non-hydrogen) atoms. The third-order valence-corrected chi connectivity index (χ3v) is 4.46. The zero-order valence-corrected chi connectivity index (χ0v) is 14.7. The van der Waals surface area contributed by atoms with Crippen molar-refractivity contribution in [1.82, 2.24) is 20.0 Å². The second-order valence-electron chi connectivity index (χ2n) is 5.71. The summed E-state index contributed by atoms with van der Waals surface area (Å²) in [6.07, 6.45) is 3.26. The standard InChI is InChI=1S/C15H19BrN6O2/c16-11-1-2-12(18-8-11)20-15(23)10-3-5-22(6-4-10)9-13-19-14(7-17)24-21-13/h1-2,8,10H,3-7,9,17H2,(H,18,20,23). The fraction of sp³-hybridized carbons (Fsp3) is 0.467. The van der Waals surface area contributed by atoms with Crippen molar-refractivity contribution in [1.29, 1.82) is 0 Å². The van der Waals surface area contributed by atoms with Gasteiger partial charge in [-0.3, -0.25) is 9.69 Å². The van der Waals surface area contributed by atoms with Crippen molar-refractivity contribution in [3.8, 4) is 0 Å². The average molecular weight is 395 g/mol. The molecule has 8 nitrogen and oxygen atoms in total. The van der Waals surface area contributed by atoms with Crippen LogP contribution in [0.1, 0.15) is 24.6 Å². The highest BCUT2D eigenvalue weighted by atomic mass is 79.9. The summed E-state index contributed by atoms with van der Waals surface area (Å²) in [6, 6.07) is 3.63. The number of hydrogen-bond acceptors (Lipinski definition) is 7. The number of hydrogen-bond donors (Lipinski definition) is 2. The molecule has 128 valence electrons. The van der Waals surface area contributed by atoms with Gasteiger partial charge in [-0.05, 0) is 54.0 Å². The lowest BCUT2D eigenvalue weighted by molar-refractivity contribution is -0.121. The third kappa shape index (κ3) is 4.37. The minimum absolute atomic E-state index is 0.00318. The second-order valence-corrected chi connectivity index (χ2v) is 6.63. The number of anilines is 1. The van der Waals surface area contributed by atoms with E-state index in [4.69, 9.17) is 10.3 Å². The number of nitrogens with zero attached hydrogens (tertiary/aromatic N) is 4. The number of carbonyl (C=O) groups excluding carboxylic acids is 1. The highest BCUT2D eigenvalue weighted by Crippen LogP contribution is 2.20. The summed E-state index contributed by atoms with van der Waals surface area (Å²) in [6.45, 7) is 2.50. The van der Waals surface area contributed by atoms with E-state index in [1.165, 1.54) is 0 Å². The van der Waals surface area contributed by atoms with Crippen molar-refractivity contribution in [3.63, 3.8) is 0 Å². The number of carbonyl (C=O) groups is 1. The number of nitrogens with one attached hydrogen (secondary N) is 1. The van der Waals surface area contributed by atoms with Gasteiger partial charge >= 0.3 is 0 Å². The van der Waals surface area contributed by atoms with Crippen molar-refractivity contribution < 1.29 is 9.32 Å². The predicted molar refractivity (Wildman–Crippen MR) is 90.8 cm³/mol. The molecule has 1 aliphatic rings. The molecule has 0 spiro atoms. The molecule has 9 heteroatoms. The topological polar surface area (TPSA) is 110 Å². The Balaban J connectivity index is 1.47. The SMILES string of the molecule is NCc1nc(CN2CCC(C(=O)Nc3ccc(Br)cn3)CC2)no1. The summed E-state index contributed by atoms with van der Waals surface area (Å²) in [7, 11) is 0. The first-order valence-corrected chi connectivity index (χ1v) is 8.59. The molecule has 3 N–H and O–H groups in total. The first-order valence-electron chi connectivity index (χ1n) is 7.80. The van der Waals surface area contributed by atoms with Crippen LogP contribution in [0.2, 0.25) is 0 Å². The molecule has 0 aliphatic carbocycles. The molecular formula is C15H19BrN6O2. The molecule has 3 rings (SSSR count). The lowest BCUT2D eigenvalue weighted by atomic mass is 9.96. The molecule has 1 saturated heterocycles. The number of halogens is 1. The molecule has 3 heterocycles. The van der Waals surface area contributed by atoms with Crippen LogP contribution in [0.4, 0.5) is 5.82 Å². The molecule has 0 radical (unpaired) electrons. The van der Waals surface area contributed by atoms with Gasteiger partial charge in [0.25, 0.3) is 0 Å². The van der Waals surface area contributed by atoms with Crippen LogP contribution in [0, 0.1) is 5.92 Å². The summed E-state index contributed by atoms with van der Waals surface area (Å²) >= 11 is 3.32. The number of amides is 1. The molecule has 1 aliphatic heterocycles. The Hall–Kier alpha value is -1.84. The largest absolute Gasteiger partial charge is 0.338 e. The lowest BCUT2D eigenvalue weighted by Crippen LogP contribution is -2.38. The quantitative estimate of drug-likeness (QED) is 0.790. The van der Waals surface area contributed by atoms with E-state index in [0.717, 1.165) is 30.4 Å². The summed E-state index contributed by atoms with van der Waals surface area (Å²) < 4.78 is 5.88. The van der Waals surface area contributed by atoms with Gasteiger partial charge in [-0.25, -0.2) is 4.98 Å². The van der Waals surface area contributed by atoms with Crippen LogP contribution >= 0.6 is 15.9 Å². The maximum absolute atomic E-state index is 12.3. The summed E-state index contributed by atoms with van der Waals surface area (Å²) in [5.74, 6) is 1.68. The molecule has 0 bridgehead atoms. The second kappa shape index (κ2) is 7.82. The van der Waals surface area contributed by atoms with Crippen LogP contribution in [0.5, 0.6) is 0 Å². The summed E-state index contributed by atoms with van der Waals surface area (Å²) in [4.78, 5) is 22.9. The highest BCUT2D eigenvalue weighted by Gasteiger charge is 2.26. The molecule has 2 aromatic rings. The Labute approximate surface area is 147 Å². The third-order valence-electron chi connectivity index (χ3n) is 3.99. The van der Waals surface area contributed by atoms with E-state index in [-0.39, 0.29) is 18.4 Å². The van der Waals surface area contributed by atoms with E-state index in [0.29, 0.717) is 24.1 Å². The molecule has 1 fully saturated rings. The smallest absolute Gasteiger partial charge is 0.240 e. The minimum Gasteiger partial charge on any atom is -0.338 e. The molecule has 0 saturated carbocycles. The fourth-order valence-electron chi connectivity index (χ4n) is 2.67. The van der Waals surface area contributed by atoms with Crippen LogP contribution in [0.3, 0.4) is 0 Å². The van der Waals surface area contributed by atoms with Crippen LogP contribution in [-0.4, -0.2) is 39.0 Å². The van der Waals surface area contributed by atoms with Gasteiger partial charge in [-0.1, -0.05) is 5.16 Å². The van der Waals surface area contributed by atoms with Gasteiger partial charge in [0.2, 0.25) is 11.8 Å². The van der Waals surface area contributed by atoms with Crippen LogP contribution < -0.4 is 11.1 Å². The molecule has 0 aromatic carbocycles. The van der Waals surface area contributed by atoms with Crippen molar-refractivity contribution in [2.45, 2.75) is 25.9 Å². The first kappa shape index (κ1) is 17.0. The van der Waals surface area contributed by atoms with Crippen molar-refractivity contribution in [3.05, 3.63) is 34.5 Å². The monoisotopic (exact) mass is 394 g/mol. The summed E-state index contributed by atoms with van der Waals surface area (Å²) in [5.41, 5.74) is 5.46. The number of rotatable bonds is 5. The van der Waals surface area contributed by atoms with Gasteiger partial charge in [0.05, 0.1) is 13.1 Å². The van der Waals surface area contributed by atoms with E-state index >= 15 is 0 Å². The van der Waals surface area contributed by atoms with Crippen LogP contribution in [-0.2, 0) is 17.9 Å². The maximum Gasteiger partial charge on any atom is 0.240 e. The van der Waals surface area contributed by atoms with E-state index in [9.17, 15) is 4.79 Å². The number of aromatic nitrogens is 3. The summed E-state index contributed by atoms with van der Waals surface area (Å²) in [5, 5.41) is 6.77. The van der Waals surface area contributed by atoms with Gasteiger partial charge in [-0.15, -0.1) is 0 Å². The van der Waals surface area contributed by atoms with E-state index < -0.39 is 0 Å². The lowest BCUT2D eigenvalue weighted by Gasteiger charge is -2.30. The Morgan fingerprint density at radius 3 is 2.83 bits per heavy atom. The minimum atomic E-state index is -0.00318. The van der Waals surface area contributed by atoms with Gasteiger partial charge in [0, 0.05) is 16.6 Å². The number of piperidine rings is 1. The van der Waals surface area contributed by atoms with Gasteiger partial charge in [0.1, 0.15) is 5.82 Å². The van der Waals surface area contributed by atoms with E-state index in [1.807, 2.05) is 6.07 Å². The molecular weight excluding hydrogens is 376 g/mol. The number of pyridine rings is 1. The first-order chi connectivity index (χ1) is 11.6. The Morgan fingerprint density at radius 1 is 1.42 bits per heavy atom. The zero-order valence-electron chi connectivity index (χ0n) is 13.1. The zero-order chi connectivity index (χ0) is 16.9. The van der Waals surface area contributed by atoms with Gasteiger partial charge in [0.15, 0.2) is 5.82 Å². The van der Waals surface area contributed by atoms with Gasteiger partial charge < -0.3 is 15.6 Å². The van der Waals surface area contributed by atoms with E-state index in [2.05, 4.69) is 41.3 Å². The van der Waals surface area contributed by atoms with Crippen LogP contribution in [0.25, 0.3) is 0 Å². The van der Waals surface area contributed by atoms with Crippen molar-refractivity contribution in [2.75, 3.05) is 18.4 Å².